The molecule has 7 nitrogen and oxygen atoms in total. The first-order chi connectivity index (χ1) is 24.8. The summed E-state index contributed by atoms with van der Waals surface area (Å²) < 4.78 is 13.4. The summed E-state index contributed by atoms with van der Waals surface area (Å²) >= 11 is 6.10. The largest absolute Gasteiger partial charge is 0.392 e. The first-order valence-electron chi connectivity index (χ1n) is 17.6. The molecule has 5 aromatic rings. The van der Waals surface area contributed by atoms with E-state index in [9.17, 15) is 15.0 Å². The first-order valence-corrected chi connectivity index (χ1v) is 18.0. The van der Waals surface area contributed by atoms with Gasteiger partial charge in [-0.1, -0.05) is 103 Å². The number of ether oxygens (including phenoxy) is 2. The molecular formula is C43H43ClN2O5. The number of carbonyl (C=O) groups is 1. The minimum atomic E-state index is -0.873. The zero-order valence-electron chi connectivity index (χ0n) is 28.5. The molecule has 1 amide bonds. The van der Waals surface area contributed by atoms with Gasteiger partial charge in [-0.3, -0.25) is 4.79 Å². The maximum absolute atomic E-state index is 12.6. The Labute approximate surface area is 304 Å². The van der Waals surface area contributed by atoms with E-state index in [1.807, 2.05) is 91.0 Å². The summed E-state index contributed by atoms with van der Waals surface area (Å²) in [5, 5.41) is 24.8. The van der Waals surface area contributed by atoms with Gasteiger partial charge >= 0.3 is 0 Å². The van der Waals surface area contributed by atoms with Gasteiger partial charge in [0.15, 0.2) is 6.29 Å². The van der Waals surface area contributed by atoms with Gasteiger partial charge in [-0.2, -0.15) is 0 Å². The molecule has 0 aromatic heterocycles. The van der Waals surface area contributed by atoms with Crippen LogP contribution in [-0.2, 0) is 28.2 Å². The van der Waals surface area contributed by atoms with Crippen LogP contribution in [0, 0.1) is 0 Å². The Morgan fingerprint density at radius 1 is 0.784 bits per heavy atom. The van der Waals surface area contributed by atoms with Crippen molar-refractivity contribution in [2.24, 2.45) is 0 Å². The fourth-order valence-corrected chi connectivity index (χ4v) is 7.20. The molecule has 5 aromatic carbocycles. The van der Waals surface area contributed by atoms with Crippen LogP contribution in [0.5, 0.6) is 0 Å². The molecule has 3 N–H and O–H groups in total. The first kappa shape index (κ1) is 35.1. The second-order valence-corrected chi connectivity index (χ2v) is 14.0. The number of aliphatic hydroxyl groups is 2. The van der Waals surface area contributed by atoms with E-state index in [2.05, 4.69) is 34.5 Å². The minimum Gasteiger partial charge on any atom is -0.392 e. The molecule has 8 heteroatoms. The number of hydrogen-bond donors (Lipinski definition) is 3. The molecule has 2 fully saturated rings. The maximum Gasteiger partial charge on any atom is 0.251 e. The van der Waals surface area contributed by atoms with Crippen molar-refractivity contribution in [3.8, 4) is 11.1 Å². The van der Waals surface area contributed by atoms with E-state index in [1.165, 1.54) is 0 Å². The lowest BCUT2D eigenvalue weighted by Gasteiger charge is -2.42. The summed E-state index contributed by atoms with van der Waals surface area (Å²) in [7, 11) is 0. The standard InChI is InChI=1S/C43H43ClN2O5/c44-38-18-16-37(17-19-38)43(49)20-22-46(23-21-43)28-39-26-40(32-14-12-30(29-47)13-15-32)51-42(50-39)36-11-5-10-35(25-36)34-9-4-6-31(24-34)27-45-41(48)33-7-2-1-3-8-33/h1-19,24-25,39-40,42,47,49H,20-23,26-29H2,(H,45,48). The van der Waals surface area contributed by atoms with Crippen LogP contribution < -0.4 is 5.32 Å². The summed E-state index contributed by atoms with van der Waals surface area (Å²) in [6.45, 7) is 2.63. The number of carbonyl (C=O) groups excluding carboxylic acids is 1. The van der Waals surface area contributed by atoms with Gasteiger partial charge in [-0.05, 0) is 82.6 Å². The van der Waals surface area contributed by atoms with Crippen LogP contribution in [-0.4, -0.2) is 46.8 Å². The molecule has 51 heavy (non-hydrogen) atoms. The van der Waals surface area contributed by atoms with Crippen molar-refractivity contribution in [2.45, 2.75) is 56.5 Å². The molecule has 0 saturated carbocycles. The summed E-state index contributed by atoms with van der Waals surface area (Å²) in [6, 6.07) is 41.1. The van der Waals surface area contributed by atoms with Crippen LogP contribution in [0.1, 0.15) is 69.8 Å². The smallest absolute Gasteiger partial charge is 0.251 e. The van der Waals surface area contributed by atoms with E-state index in [0.717, 1.165) is 58.6 Å². The number of hydrogen-bond acceptors (Lipinski definition) is 6. The summed E-state index contributed by atoms with van der Waals surface area (Å²) in [5.74, 6) is -0.105. The van der Waals surface area contributed by atoms with Crippen molar-refractivity contribution < 1.29 is 24.5 Å². The number of halogens is 1. The molecule has 2 heterocycles. The van der Waals surface area contributed by atoms with Gasteiger partial charge in [-0.15, -0.1) is 0 Å². The fraction of sp³-hybridized carbons (Fsp3) is 0.279. The van der Waals surface area contributed by atoms with Crippen LogP contribution >= 0.6 is 11.6 Å². The SMILES string of the molecule is O=C(NCc1cccc(-c2cccc(C3OC(CN4CCC(O)(c5ccc(Cl)cc5)CC4)CC(c4ccc(CO)cc4)O3)c2)c1)c1ccccc1. The number of nitrogens with zero attached hydrogens (tertiary/aromatic N) is 1. The van der Waals surface area contributed by atoms with E-state index in [-0.39, 0.29) is 24.7 Å². The highest BCUT2D eigenvalue weighted by atomic mass is 35.5. The van der Waals surface area contributed by atoms with Gasteiger partial charge in [0.25, 0.3) is 5.91 Å². The van der Waals surface area contributed by atoms with Gasteiger partial charge < -0.3 is 29.9 Å². The van der Waals surface area contributed by atoms with Gasteiger partial charge in [-0.25, -0.2) is 0 Å². The Morgan fingerprint density at radius 3 is 2.22 bits per heavy atom. The van der Waals surface area contributed by atoms with Crippen molar-refractivity contribution in [3.05, 3.63) is 166 Å². The van der Waals surface area contributed by atoms with Crippen LogP contribution in [0.3, 0.4) is 0 Å². The van der Waals surface area contributed by atoms with Crippen molar-refractivity contribution >= 4 is 17.5 Å². The molecule has 2 aliphatic rings. The number of piperidine rings is 1. The van der Waals surface area contributed by atoms with Crippen molar-refractivity contribution in [1.82, 2.24) is 10.2 Å². The molecule has 7 rings (SSSR count). The lowest BCUT2D eigenvalue weighted by atomic mass is 9.84. The Balaban J connectivity index is 1.06. The number of benzene rings is 5. The van der Waals surface area contributed by atoms with Crippen LogP contribution in [0.4, 0.5) is 0 Å². The van der Waals surface area contributed by atoms with Gasteiger partial charge in [0.2, 0.25) is 0 Å². The molecular weight excluding hydrogens is 660 g/mol. The average Bonchev–Trinajstić information content (AvgIpc) is 3.18. The average molecular weight is 703 g/mol. The summed E-state index contributed by atoms with van der Waals surface area (Å²) in [5.41, 5.74) is 6.56. The lowest BCUT2D eigenvalue weighted by Crippen LogP contribution is -2.46. The molecule has 3 unspecified atom stereocenters. The quantitative estimate of drug-likeness (QED) is 0.137. The third kappa shape index (κ3) is 8.59. The van der Waals surface area contributed by atoms with E-state index < -0.39 is 11.9 Å². The van der Waals surface area contributed by atoms with E-state index in [1.54, 1.807) is 12.1 Å². The molecule has 0 radical (unpaired) electrons. The Bertz CT molecular complexity index is 1910. The van der Waals surface area contributed by atoms with Crippen LogP contribution in [0.25, 0.3) is 11.1 Å². The summed E-state index contributed by atoms with van der Waals surface area (Å²) in [4.78, 5) is 15.0. The molecule has 0 spiro atoms. The molecule has 0 aliphatic carbocycles. The van der Waals surface area contributed by atoms with Gasteiger partial charge in [0, 0.05) is 48.7 Å². The third-order valence-corrected chi connectivity index (χ3v) is 10.3. The van der Waals surface area contributed by atoms with E-state index in [4.69, 9.17) is 21.1 Å². The highest BCUT2D eigenvalue weighted by Gasteiger charge is 2.37. The topological polar surface area (TPSA) is 91.3 Å². The lowest BCUT2D eigenvalue weighted by molar-refractivity contribution is -0.253. The monoisotopic (exact) mass is 702 g/mol. The Morgan fingerprint density at radius 2 is 1.49 bits per heavy atom. The zero-order valence-corrected chi connectivity index (χ0v) is 29.2. The maximum atomic E-state index is 12.6. The van der Waals surface area contributed by atoms with Crippen LogP contribution in [0.15, 0.2) is 127 Å². The number of likely N-dealkylation sites (tertiary alicyclic amines) is 1. The van der Waals surface area contributed by atoms with E-state index >= 15 is 0 Å². The Hall–Kier alpha value is -4.34. The second-order valence-electron chi connectivity index (χ2n) is 13.6. The summed E-state index contributed by atoms with van der Waals surface area (Å²) in [6.07, 6.45) is 1.05. The highest BCUT2D eigenvalue weighted by molar-refractivity contribution is 6.30. The fourth-order valence-electron chi connectivity index (χ4n) is 7.07. The molecule has 2 aliphatic heterocycles. The minimum absolute atomic E-state index is 0.00904. The normalized spacial score (nSPS) is 20.5. The second kappa shape index (κ2) is 15.9. The third-order valence-electron chi connectivity index (χ3n) is 10.0. The number of amides is 1. The molecule has 2 saturated heterocycles. The van der Waals surface area contributed by atoms with Crippen molar-refractivity contribution in [3.63, 3.8) is 0 Å². The molecule has 0 bridgehead atoms. The number of nitrogens with one attached hydrogen (secondary N) is 1. The van der Waals surface area contributed by atoms with Crippen molar-refractivity contribution in [1.29, 1.82) is 0 Å². The van der Waals surface area contributed by atoms with Crippen molar-refractivity contribution in [2.75, 3.05) is 19.6 Å². The van der Waals surface area contributed by atoms with Crippen LogP contribution in [0.2, 0.25) is 5.02 Å². The zero-order chi connectivity index (χ0) is 35.2. The Kier molecular flexibility index (Phi) is 10.9. The molecule has 262 valence electrons. The number of aliphatic hydroxyl groups excluding tert-OH is 1. The predicted octanol–water partition coefficient (Wildman–Crippen LogP) is 7.96. The van der Waals surface area contributed by atoms with Gasteiger partial charge in [0.05, 0.1) is 24.4 Å². The highest BCUT2D eigenvalue weighted by Crippen LogP contribution is 2.40. The van der Waals surface area contributed by atoms with E-state index in [0.29, 0.717) is 36.4 Å². The number of rotatable bonds is 10. The predicted molar refractivity (Wildman–Crippen MR) is 199 cm³/mol. The van der Waals surface area contributed by atoms with Gasteiger partial charge in [0.1, 0.15) is 0 Å². The molecule has 3 atom stereocenters.